The van der Waals surface area contributed by atoms with Crippen LogP contribution in [-0.2, 0) is 7.05 Å². The summed E-state index contributed by atoms with van der Waals surface area (Å²) >= 11 is 7.38. The van der Waals surface area contributed by atoms with E-state index in [0.29, 0.717) is 12.2 Å². The zero-order chi connectivity index (χ0) is 11.0. The monoisotopic (exact) mass is 242 g/mol. The van der Waals surface area contributed by atoms with E-state index in [2.05, 4.69) is 5.32 Å². The molecule has 2 aromatic heterocycles. The number of halogens is 1. The van der Waals surface area contributed by atoms with E-state index in [0.717, 1.165) is 14.6 Å². The molecule has 2 rings (SSSR count). The first-order valence-corrected chi connectivity index (χ1v) is 5.86. The van der Waals surface area contributed by atoms with Crippen LogP contribution in [-0.4, -0.2) is 17.0 Å². The third-order valence-corrected chi connectivity index (χ3v) is 3.47. The Kier molecular flexibility index (Phi) is 2.71. The Morgan fingerprint density at radius 2 is 2.33 bits per heavy atom. The number of amides is 1. The lowest BCUT2D eigenvalue weighted by molar-refractivity contribution is 0.0948. The fourth-order valence-electron chi connectivity index (χ4n) is 1.55. The van der Waals surface area contributed by atoms with Gasteiger partial charge < -0.3 is 9.88 Å². The second kappa shape index (κ2) is 3.87. The maximum absolute atomic E-state index is 11.7. The Labute approximate surface area is 96.6 Å². The molecule has 0 aliphatic rings. The maximum Gasteiger partial charge on any atom is 0.267 e. The molecule has 0 fully saturated rings. The van der Waals surface area contributed by atoms with Crippen molar-refractivity contribution in [1.82, 2.24) is 9.88 Å². The van der Waals surface area contributed by atoms with Crippen LogP contribution >= 0.6 is 22.9 Å². The third-order valence-electron chi connectivity index (χ3n) is 2.27. The van der Waals surface area contributed by atoms with E-state index < -0.39 is 0 Å². The Balaban J connectivity index is 2.49. The predicted octanol–water partition coefficient (Wildman–Crippen LogP) is 2.64. The number of hydrogen-bond acceptors (Lipinski definition) is 2. The largest absolute Gasteiger partial charge is 0.351 e. The fourth-order valence-corrected chi connectivity index (χ4v) is 2.76. The van der Waals surface area contributed by atoms with E-state index in [4.69, 9.17) is 11.6 Å². The molecule has 0 spiro atoms. The Bertz CT molecular complexity index is 515. The molecule has 0 aliphatic heterocycles. The molecule has 2 heterocycles. The van der Waals surface area contributed by atoms with Crippen LogP contribution in [0, 0.1) is 0 Å². The summed E-state index contributed by atoms with van der Waals surface area (Å²) in [4.78, 5) is 11.7. The van der Waals surface area contributed by atoms with Gasteiger partial charge in [-0.3, -0.25) is 4.79 Å². The quantitative estimate of drug-likeness (QED) is 0.863. The number of fused-ring (bicyclic) bond motifs is 1. The molecule has 15 heavy (non-hydrogen) atoms. The zero-order valence-electron chi connectivity index (χ0n) is 8.50. The number of hydrogen-bond donors (Lipinski definition) is 1. The molecule has 0 aliphatic carbocycles. The van der Waals surface area contributed by atoms with E-state index >= 15 is 0 Å². The van der Waals surface area contributed by atoms with Crippen LogP contribution in [0.3, 0.4) is 0 Å². The number of rotatable bonds is 2. The van der Waals surface area contributed by atoms with Crippen molar-refractivity contribution in [2.45, 2.75) is 6.92 Å². The van der Waals surface area contributed by atoms with Gasteiger partial charge in [0, 0.05) is 13.6 Å². The Hall–Kier alpha value is -1.00. The lowest BCUT2D eigenvalue weighted by Crippen LogP contribution is -2.24. The first kappa shape index (κ1) is 10.5. The number of carbonyl (C=O) groups excluding carboxylic acids is 1. The standard InChI is InChI=1S/C10H11ClN2OS/c1-3-12-10(14)7-4-8-6(13(7)2)5-9(11)15-8/h4-5H,3H2,1-2H3,(H,12,14). The molecular formula is C10H11ClN2OS. The van der Waals surface area contributed by atoms with Gasteiger partial charge in [-0.15, -0.1) is 11.3 Å². The number of aromatic nitrogens is 1. The molecule has 2 aromatic rings. The highest BCUT2D eigenvalue weighted by atomic mass is 35.5. The molecule has 1 N–H and O–H groups in total. The minimum absolute atomic E-state index is 0.0421. The van der Waals surface area contributed by atoms with Crippen LogP contribution in [0.15, 0.2) is 12.1 Å². The predicted molar refractivity (Wildman–Crippen MR) is 63.8 cm³/mol. The highest BCUT2D eigenvalue weighted by molar-refractivity contribution is 7.22. The first-order valence-electron chi connectivity index (χ1n) is 4.66. The summed E-state index contributed by atoms with van der Waals surface area (Å²) in [6.07, 6.45) is 0. The van der Waals surface area contributed by atoms with Crippen molar-refractivity contribution < 1.29 is 4.79 Å². The molecule has 0 unspecified atom stereocenters. The van der Waals surface area contributed by atoms with Gasteiger partial charge in [0.05, 0.1) is 14.6 Å². The average Bonchev–Trinajstić information content (AvgIpc) is 2.66. The summed E-state index contributed by atoms with van der Waals surface area (Å²) in [5.41, 5.74) is 1.68. The number of thiophene rings is 1. The third kappa shape index (κ3) is 1.75. The summed E-state index contributed by atoms with van der Waals surface area (Å²) in [5, 5.41) is 2.78. The normalized spacial score (nSPS) is 10.9. The fraction of sp³-hybridized carbons (Fsp3) is 0.300. The van der Waals surface area contributed by atoms with Gasteiger partial charge in [-0.25, -0.2) is 0 Å². The zero-order valence-corrected chi connectivity index (χ0v) is 10.1. The van der Waals surface area contributed by atoms with Crippen molar-refractivity contribution in [3.63, 3.8) is 0 Å². The second-order valence-corrected chi connectivity index (χ2v) is 4.96. The SMILES string of the molecule is CCNC(=O)c1cc2sc(Cl)cc2n1C. The molecule has 1 amide bonds. The number of nitrogens with one attached hydrogen (secondary N) is 1. The van der Waals surface area contributed by atoms with Crippen molar-refractivity contribution in [1.29, 1.82) is 0 Å². The van der Waals surface area contributed by atoms with Gasteiger partial charge in [0.25, 0.3) is 5.91 Å². The van der Waals surface area contributed by atoms with Gasteiger partial charge in [-0.05, 0) is 19.1 Å². The van der Waals surface area contributed by atoms with Crippen LogP contribution in [0.2, 0.25) is 4.34 Å². The lowest BCUT2D eigenvalue weighted by Gasteiger charge is -2.03. The van der Waals surface area contributed by atoms with Crippen molar-refractivity contribution in [2.24, 2.45) is 7.05 Å². The van der Waals surface area contributed by atoms with Crippen LogP contribution in [0.4, 0.5) is 0 Å². The lowest BCUT2D eigenvalue weighted by atomic mass is 10.4. The number of aryl methyl sites for hydroxylation is 1. The first-order chi connectivity index (χ1) is 7.13. The van der Waals surface area contributed by atoms with Crippen LogP contribution in [0.25, 0.3) is 10.2 Å². The van der Waals surface area contributed by atoms with E-state index in [1.165, 1.54) is 11.3 Å². The van der Waals surface area contributed by atoms with E-state index in [1.807, 2.05) is 30.7 Å². The van der Waals surface area contributed by atoms with E-state index in [9.17, 15) is 4.79 Å². The van der Waals surface area contributed by atoms with Gasteiger partial charge in [0.1, 0.15) is 5.69 Å². The smallest absolute Gasteiger partial charge is 0.267 e. The van der Waals surface area contributed by atoms with Crippen molar-refractivity contribution in [3.05, 3.63) is 22.2 Å². The highest BCUT2D eigenvalue weighted by Crippen LogP contribution is 2.31. The van der Waals surface area contributed by atoms with Gasteiger partial charge in [0.2, 0.25) is 0 Å². The molecule has 0 radical (unpaired) electrons. The van der Waals surface area contributed by atoms with Crippen LogP contribution < -0.4 is 5.32 Å². The molecule has 0 aromatic carbocycles. The molecule has 0 atom stereocenters. The summed E-state index contributed by atoms with van der Waals surface area (Å²) in [7, 11) is 1.87. The van der Waals surface area contributed by atoms with Gasteiger partial charge >= 0.3 is 0 Å². The molecule has 5 heteroatoms. The topological polar surface area (TPSA) is 34.0 Å². The molecule has 0 bridgehead atoms. The molecule has 3 nitrogen and oxygen atoms in total. The number of nitrogens with zero attached hydrogens (tertiary/aromatic N) is 1. The molecule has 80 valence electrons. The molecule has 0 saturated heterocycles. The summed E-state index contributed by atoms with van der Waals surface area (Å²) in [5.74, 6) is -0.0421. The van der Waals surface area contributed by atoms with Gasteiger partial charge in [-0.1, -0.05) is 11.6 Å². The minimum Gasteiger partial charge on any atom is -0.351 e. The molecular weight excluding hydrogens is 232 g/mol. The summed E-state index contributed by atoms with van der Waals surface area (Å²) in [6.45, 7) is 2.54. The highest BCUT2D eigenvalue weighted by Gasteiger charge is 2.14. The second-order valence-electron chi connectivity index (χ2n) is 3.25. The number of carbonyl (C=O) groups is 1. The Morgan fingerprint density at radius 1 is 1.60 bits per heavy atom. The maximum atomic E-state index is 11.7. The van der Waals surface area contributed by atoms with Crippen LogP contribution in [0.1, 0.15) is 17.4 Å². The van der Waals surface area contributed by atoms with Crippen molar-refractivity contribution in [2.75, 3.05) is 6.54 Å². The average molecular weight is 243 g/mol. The Morgan fingerprint density at radius 3 is 2.93 bits per heavy atom. The van der Waals surface area contributed by atoms with Crippen molar-refractivity contribution in [3.8, 4) is 0 Å². The van der Waals surface area contributed by atoms with Gasteiger partial charge in [-0.2, -0.15) is 0 Å². The van der Waals surface area contributed by atoms with Crippen molar-refractivity contribution >= 4 is 39.1 Å². The summed E-state index contributed by atoms with van der Waals surface area (Å²) in [6, 6.07) is 3.75. The van der Waals surface area contributed by atoms with Crippen LogP contribution in [0.5, 0.6) is 0 Å². The van der Waals surface area contributed by atoms with Gasteiger partial charge in [0.15, 0.2) is 0 Å². The van der Waals surface area contributed by atoms with E-state index in [1.54, 1.807) is 0 Å². The molecule has 0 saturated carbocycles. The minimum atomic E-state index is -0.0421. The van der Waals surface area contributed by atoms with E-state index in [-0.39, 0.29) is 5.91 Å². The summed E-state index contributed by atoms with van der Waals surface area (Å²) < 4.78 is 3.66.